The molecule has 0 aliphatic rings. The molecule has 0 spiro atoms. The number of benzene rings is 2. The number of hydrogen-bond donors (Lipinski definition) is 1. The van der Waals surface area contributed by atoms with E-state index in [1.807, 2.05) is 49.4 Å². The number of ether oxygens (including phenoxy) is 1. The number of carbonyl (C=O) groups is 2. The van der Waals surface area contributed by atoms with Crippen LogP contribution in [-0.2, 0) is 27.2 Å². The minimum atomic E-state index is -0.808. The lowest BCUT2D eigenvalue weighted by atomic mass is 10.1. The lowest BCUT2D eigenvalue weighted by Gasteiger charge is -2.18. The lowest BCUT2D eigenvalue weighted by molar-refractivity contribution is -0.154. The van der Waals surface area contributed by atoms with E-state index in [4.69, 9.17) is 4.74 Å². The highest BCUT2D eigenvalue weighted by atomic mass is 79.9. The third-order valence-electron chi connectivity index (χ3n) is 4.04. The zero-order chi connectivity index (χ0) is 18.9. The molecule has 26 heavy (non-hydrogen) atoms. The van der Waals surface area contributed by atoms with Crippen LogP contribution < -0.4 is 5.32 Å². The van der Waals surface area contributed by atoms with Gasteiger partial charge in [-0.2, -0.15) is 0 Å². The summed E-state index contributed by atoms with van der Waals surface area (Å²) in [5.41, 5.74) is 2.09. The Labute approximate surface area is 163 Å². The van der Waals surface area contributed by atoms with Crippen molar-refractivity contribution in [2.24, 2.45) is 0 Å². The van der Waals surface area contributed by atoms with Crippen LogP contribution >= 0.6 is 15.9 Å². The Morgan fingerprint density at radius 2 is 1.65 bits per heavy atom. The van der Waals surface area contributed by atoms with Crippen molar-refractivity contribution in [3.8, 4) is 0 Å². The van der Waals surface area contributed by atoms with Crippen LogP contribution in [0, 0.1) is 0 Å². The molecule has 0 unspecified atom stereocenters. The SMILES string of the molecule is C[C@H](CCc1ccccc1)NC(=O)[C@H](C)OC(=O)Cc1ccc(Br)cc1. The molecule has 1 amide bonds. The van der Waals surface area contributed by atoms with Gasteiger partial charge in [0.2, 0.25) is 0 Å². The molecule has 4 nitrogen and oxygen atoms in total. The molecule has 2 aromatic carbocycles. The molecule has 5 heteroatoms. The molecule has 2 atom stereocenters. The van der Waals surface area contributed by atoms with Crippen LogP contribution in [0.25, 0.3) is 0 Å². The molecule has 138 valence electrons. The second-order valence-electron chi connectivity index (χ2n) is 6.37. The summed E-state index contributed by atoms with van der Waals surface area (Å²) in [4.78, 5) is 24.2. The van der Waals surface area contributed by atoms with Gasteiger partial charge in [0.1, 0.15) is 0 Å². The molecule has 1 N–H and O–H groups in total. The molecule has 0 radical (unpaired) electrons. The van der Waals surface area contributed by atoms with Gasteiger partial charge in [-0.25, -0.2) is 0 Å². The summed E-state index contributed by atoms with van der Waals surface area (Å²) < 4.78 is 6.20. The summed E-state index contributed by atoms with van der Waals surface area (Å²) >= 11 is 3.35. The first kappa shape index (κ1) is 20.2. The van der Waals surface area contributed by atoms with Gasteiger partial charge in [-0.15, -0.1) is 0 Å². The van der Waals surface area contributed by atoms with Crippen LogP contribution in [0.15, 0.2) is 59.1 Å². The van der Waals surface area contributed by atoms with E-state index >= 15 is 0 Å². The van der Waals surface area contributed by atoms with Gasteiger partial charge in [0.05, 0.1) is 6.42 Å². The van der Waals surface area contributed by atoms with Crippen LogP contribution in [0.4, 0.5) is 0 Å². The van der Waals surface area contributed by atoms with Crippen LogP contribution in [0.1, 0.15) is 31.4 Å². The van der Waals surface area contributed by atoms with Gasteiger partial charge in [-0.3, -0.25) is 9.59 Å². The number of halogens is 1. The maximum atomic E-state index is 12.2. The van der Waals surface area contributed by atoms with Gasteiger partial charge in [-0.1, -0.05) is 58.4 Å². The smallest absolute Gasteiger partial charge is 0.311 e. The summed E-state index contributed by atoms with van der Waals surface area (Å²) in [5, 5.41) is 2.90. The van der Waals surface area contributed by atoms with Crippen molar-refractivity contribution in [1.29, 1.82) is 0 Å². The fraction of sp³-hybridized carbons (Fsp3) is 0.333. The standard InChI is InChI=1S/C21H24BrNO3/c1-15(8-9-17-6-4-3-5-7-17)23-21(25)16(2)26-20(24)14-18-10-12-19(22)13-11-18/h3-7,10-13,15-16H,8-9,14H2,1-2H3,(H,23,25)/t15-,16+/m1/s1. The Morgan fingerprint density at radius 1 is 1.00 bits per heavy atom. The fourth-order valence-electron chi connectivity index (χ4n) is 2.52. The largest absolute Gasteiger partial charge is 0.452 e. The molecule has 0 saturated carbocycles. The van der Waals surface area contributed by atoms with E-state index in [2.05, 4.69) is 33.4 Å². The quantitative estimate of drug-likeness (QED) is 0.658. The number of aryl methyl sites for hydroxylation is 1. The molecule has 0 aromatic heterocycles. The first-order chi connectivity index (χ1) is 12.4. The Bertz CT molecular complexity index is 716. The second-order valence-corrected chi connectivity index (χ2v) is 7.28. The number of amides is 1. The van der Waals surface area contributed by atoms with Crippen molar-refractivity contribution in [3.05, 3.63) is 70.2 Å². The molecule has 0 bridgehead atoms. The zero-order valence-electron chi connectivity index (χ0n) is 15.1. The molecule has 0 heterocycles. The number of carbonyl (C=O) groups excluding carboxylic acids is 2. The number of nitrogens with one attached hydrogen (secondary N) is 1. The predicted octanol–water partition coefficient (Wildman–Crippen LogP) is 4.06. The zero-order valence-corrected chi connectivity index (χ0v) is 16.7. The summed E-state index contributed by atoms with van der Waals surface area (Å²) in [6, 6.07) is 17.6. The van der Waals surface area contributed by atoms with Gasteiger partial charge in [-0.05, 0) is 49.9 Å². The van der Waals surface area contributed by atoms with Crippen LogP contribution in [0.3, 0.4) is 0 Å². The second kappa shape index (κ2) is 10.1. The van der Waals surface area contributed by atoms with Gasteiger partial charge in [0, 0.05) is 10.5 Å². The lowest BCUT2D eigenvalue weighted by Crippen LogP contribution is -2.41. The molecule has 0 aliphatic carbocycles. The van der Waals surface area contributed by atoms with E-state index in [0.29, 0.717) is 0 Å². The van der Waals surface area contributed by atoms with Crippen molar-refractivity contribution in [2.75, 3.05) is 0 Å². The molecule has 0 fully saturated rings. The van der Waals surface area contributed by atoms with Crippen LogP contribution in [-0.4, -0.2) is 24.0 Å². The minimum absolute atomic E-state index is 0.00957. The summed E-state index contributed by atoms with van der Waals surface area (Å²) in [6.07, 6.45) is 1.06. The maximum Gasteiger partial charge on any atom is 0.311 e. The van der Waals surface area contributed by atoms with E-state index in [0.717, 1.165) is 22.9 Å². The summed E-state index contributed by atoms with van der Waals surface area (Å²) in [7, 11) is 0. The molecule has 0 saturated heterocycles. The number of hydrogen-bond acceptors (Lipinski definition) is 3. The fourth-order valence-corrected chi connectivity index (χ4v) is 2.79. The Balaban J connectivity index is 1.73. The van der Waals surface area contributed by atoms with Gasteiger partial charge < -0.3 is 10.1 Å². The Morgan fingerprint density at radius 3 is 2.31 bits per heavy atom. The number of esters is 1. The van der Waals surface area contributed by atoms with Crippen molar-refractivity contribution in [3.63, 3.8) is 0 Å². The normalized spacial score (nSPS) is 12.9. The molecular formula is C21H24BrNO3. The van der Waals surface area contributed by atoms with Gasteiger partial charge >= 0.3 is 5.97 Å². The van der Waals surface area contributed by atoms with Crippen molar-refractivity contribution < 1.29 is 14.3 Å². The average Bonchev–Trinajstić information content (AvgIpc) is 2.62. The molecule has 2 rings (SSSR count). The van der Waals surface area contributed by atoms with Crippen molar-refractivity contribution >= 4 is 27.8 Å². The van der Waals surface area contributed by atoms with Crippen LogP contribution in [0.2, 0.25) is 0 Å². The predicted molar refractivity (Wildman–Crippen MR) is 106 cm³/mol. The minimum Gasteiger partial charge on any atom is -0.452 e. The highest BCUT2D eigenvalue weighted by Crippen LogP contribution is 2.11. The van der Waals surface area contributed by atoms with E-state index in [-0.39, 0.29) is 18.4 Å². The first-order valence-electron chi connectivity index (χ1n) is 8.72. The molecular weight excluding hydrogens is 394 g/mol. The van der Waals surface area contributed by atoms with E-state index in [1.165, 1.54) is 5.56 Å². The third kappa shape index (κ3) is 7.00. The van der Waals surface area contributed by atoms with Crippen molar-refractivity contribution in [1.82, 2.24) is 5.32 Å². The Kier molecular flexibility index (Phi) is 7.85. The van der Waals surface area contributed by atoms with E-state index < -0.39 is 12.1 Å². The summed E-state index contributed by atoms with van der Waals surface area (Å²) in [5.74, 6) is -0.679. The highest BCUT2D eigenvalue weighted by molar-refractivity contribution is 9.10. The first-order valence-corrected chi connectivity index (χ1v) is 9.51. The number of rotatable bonds is 8. The molecule has 2 aromatic rings. The van der Waals surface area contributed by atoms with Crippen LogP contribution in [0.5, 0.6) is 0 Å². The maximum absolute atomic E-state index is 12.2. The van der Waals surface area contributed by atoms with Gasteiger partial charge in [0.25, 0.3) is 5.91 Å². The average molecular weight is 418 g/mol. The molecule has 0 aliphatic heterocycles. The van der Waals surface area contributed by atoms with Gasteiger partial charge in [0.15, 0.2) is 6.10 Å². The Hall–Kier alpha value is -2.14. The van der Waals surface area contributed by atoms with Crippen molar-refractivity contribution in [2.45, 2.75) is 45.3 Å². The van der Waals surface area contributed by atoms with E-state index in [1.54, 1.807) is 6.92 Å². The topological polar surface area (TPSA) is 55.4 Å². The monoisotopic (exact) mass is 417 g/mol. The highest BCUT2D eigenvalue weighted by Gasteiger charge is 2.19. The summed E-state index contributed by atoms with van der Waals surface area (Å²) in [6.45, 7) is 3.55. The van der Waals surface area contributed by atoms with E-state index in [9.17, 15) is 9.59 Å². The third-order valence-corrected chi connectivity index (χ3v) is 4.57.